The fraction of sp³-hybridized carbons (Fsp3) is 0.333. The highest BCUT2D eigenvalue weighted by Gasteiger charge is 2.85. The van der Waals surface area contributed by atoms with Crippen LogP contribution in [0.4, 0.5) is 39.5 Å². The first-order valence-electron chi connectivity index (χ1n) is 8.55. The van der Waals surface area contributed by atoms with Crippen LogP contribution in [0.5, 0.6) is 0 Å². The van der Waals surface area contributed by atoms with Crippen LogP contribution in [0, 0.1) is 0 Å². The van der Waals surface area contributed by atoms with Crippen LogP contribution >= 0.6 is 0 Å². The van der Waals surface area contributed by atoms with Crippen molar-refractivity contribution in [1.82, 2.24) is 4.72 Å². The molecule has 2 atom stereocenters. The predicted octanol–water partition coefficient (Wildman–Crippen LogP) is 4.77. The summed E-state index contributed by atoms with van der Waals surface area (Å²) >= 11 is 0. The largest absolute Gasteiger partial charge is 0.460 e. The second-order valence-corrected chi connectivity index (χ2v) is 8.36. The predicted molar refractivity (Wildman–Crippen MR) is 95.5 cm³/mol. The highest BCUT2D eigenvalue weighted by atomic mass is 32.2. The molecule has 0 fully saturated rings. The molecule has 0 aliphatic carbocycles. The van der Waals surface area contributed by atoms with Gasteiger partial charge in [-0.05, 0) is 11.1 Å². The minimum Gasteiger partial charge on any atom is -0.322 e. The third-order valence-corrected chi connectivity index (χ3v) is 5.93. The molecule has 0 saturated heterocycles. The molecule has 2 rings (SSSR count). The third-order valence-electron chi connectivity index (χ3n) is 4.44. The molecule has 0 saturated carbocycles. The summed E-state index contributed by atoms with van der Waals surface area (Å²) in [7, 11) is -6.85. The van der Waals surface area contributed by atoms with Crippen molar-refractivity contribution in [3.8, 4) is 0 Å². The van der Waals surface area contributed by atoms with Crippen LogP contribution in [0.25, 0.3) is 0 Å². The van der Waals surface area contributed by atoms with Gasteiger partial charge in [-0.1, -0.05) is 60.7 Å². The lowest BCUT2D eigenvalue weighted by atomic mass is 9.95. The van der Waals surface area contributed by atoms with E-state index in [2.05, 4.69) is 0 Å². The maximum absolute atomic E-state index is 14.1. The molecule has 0 amide bonds. The van der Waals surface area contributed by atoms with Gasteiger partial charge < -0.3 is 5.73 Å². The van der Waals surface area contributed by atoms with Crippen LogP contribution in [0.3, 0.4) is 0 Å². The summed E-state index contributed by atoms with van der Waals surface area (Å²) in [5, 5.41) is -6.87. The van der Waals surface area contributed by atoms with Crippen LogP contribution in [0.2, 0.25) is 0 Å². The van der Waals surface area contributed by atoms with Gasteiger partial charge in [-0.15, -0.1) is 0 Å². The van der Waals surface area contributed by atoms with E-state index in [1.807, 2.05) is 0 Å². The molecule has 4 nitrogen and oxygen atoms in total. The molecule has 14 heteroatoms. The van der Waals surface area contributed by atoms with E-state index in [4.69, 9.17) is 5.73 Å². The summed E-state index contributed by atoms with van der Waals surface area (Å²) in [4.78, 5) is 0. The first-order chi connectivity index (χ1) is 14.5. The van der Waals surface area contributed by atoms with E-state index in [9.17, 15) is 47.9 Å². The Morgan fingerprint density at radius 3 is 1.50 bits per heavy atom. The second kappa shape index (κ2) is 8.56. The smallest absolute Gasteiger partial charge is 0.322 e. The molecule has 0 aromatic heterocycles. The molecule has 32 heavy (non-hydrogen) atoms. The summed E-state index contributed by atoms with van der Waals surface area (Å²) in [6.45, 7) is 0. The lowest BCUT2D eigenvalue weighted by Gasteiger charge is -2.34. The minimum atomic E-state index is -7.36. The van der Waals surface area contributed by atoms with E-state index in [1.54, 1.807) is 0 Å². The zero-order valence-electron chi connectivity index (χ0n) is 15.6. The first kappa shape index (κ1) is 25.9. The molecule has 3 N–H and O–H groups in total. The Kier molecular flexibility index (Phi) is 6.93. The molecule has 0 bridgehead atoms. The van der Waals surface area contributed by atoms with Gasteiger partial charge in [0, 0.05) is 0 Å². The summed E-state index contributed by atoms with van der Waals surface area (Å²) in [6.07, 6.45) is -7.16. The number of nitrogens with two attached hydrogens (primary N) is 1. The van der Waals surface area contributed by atoms with Gasteiger partial charge in [-0.3, -0.25) is 0 Å². The van der Waals surface area contributed by atoms with Gasteiger partial charge in [0.05, 0.1) is 12.1 Å². The highest BCUT2D eigenvalue weighted by molar-refractivity contribution is 7.90. The average Bonchev–Trinajstić information content (AvgIpc) is 2.71. The van der Waals surface area contributed by atoms with Crippen LogP contribution in [-0.2, 0) is 10.0 Å². The van der Waals surface area contributed by atoms with E-state index in [1.165, 1.54) is 48.5 Å². The number of nitrogens with one attached hydrogen (secondary N) is 1. The molecule has 2 aromatic rings. The molecular formula is C18H15F9N2O2S. The fourth-order valence-electron chi connectivity index (χ4n) is 2.65. The zero-order valence-corrected chi connectivity index (χ0v) is 16.4. The third kappa shape index (κ3) is 4.43. The van der Waals surface area contributed by atoms with Gasteiger partial charge in [0.2, 0.25) is 0 Å². The van der Waals surface area contributed by atoms with Crippen LogP contribution in [0.1, 0.15) is 23.2 Å². The highest BCUT2D eigenvalue weighted by Crippen LogP contribution is 2.54. The minimum absolute atomic E-state index is 0.125. The zero-order chi connectivity index (χ0) is 24.6. The monoisotopic (exact) mass is 494 g/mol. The molecule has 0 spiro atoms. The summed E-state index contributed by atoms with van der Waals surface area (Å²) in [5.41, 5.74) is 5.88. The van der Waals surface area contributed by atoms with E-state index in [-0.39, 0.29) is 11.1 Å². The lowest BCUT2D eigenvalue weighted by Crippen LogP contribution is -2.65. The van der Waals surface area contributed by atoms with E-state index < -0.39 is 45.4 Å². The van der Waals surface area contributed by atoms with Crippen LogP contribution in [0.15, 0.2) is 60.7 Å². The molecule has 178 valence electrons. The summed E-state index contributed by atoms with van der Waals surface area (Å²) < 4.78 is 144. The van der Waals surface area contributed by atoms with Crippen molar-refractivity contribution in [2.45, 2.75) is 35.4 Å². The molecular weight excluding hydrogens is 479 g/mol. The van der Waals surface area contributed by atoms with Crippen LogP contribution in [-0.4, -0.2) is 31.7 Å². The number of hydrogen-bond acceptors (Lipinski definition) is 3. The van der Waals surface area contributed by atoms with E-state index in [0.29, 0.717) is 0 Å². The molecule has 0 aliphatic heterocycles. The maximum Gasteiger partial charge on any atom is 0.460 e. The average molecular weight is 494 g/mol. The van der Waals surface area contributed by atoms with Gasteiger partial charge in [0.15, 0.2) is 0 Å². The normalized spacial score (nSPS) is 15.9. The Balaban J connectivity index is 2.54. The standard InChI is InChI=1S/C18H15F9N2O2S/c19-15(20,17(23,24)25)16(21,22)18(26,27)32(30,31)29-14(12-9-5-2-6-10-12)13(28)11-7-3-1-4-8-11/h1-10,13-14,29H,28H2. The number of halogens is 9. The number of sulfonamides is 1. The van der Waals surface area contributed by atoms with Crippen molar-refractivity contribution in [3.63, 3.8) is 0 Å². The Hall–Kier alpha value is -2.32. The van der Waals surface area contributed by atoms with E-state index >= 15 is 0 Å². The molecule has 0 heterocycles. The number of alkyl halides is 9. The fourth-order valence-corrected chi connectivity index (χ4v) is 3.88. The summed E-state index contributed by atoms with van der Waals surface area (Å²) in [6, 6.07) is 9.97. The van der Waals surface area contributed by atoms with Gasteiger partial charge in [0.1, 0.15) is 0 Å². The second-order valence-electron chi connectivity index (χ2n) is 6.61. The van der Waals surface area contributed by atoms with Crippen molar-refractivity contribution in [2.24, 2.45) is 5.73 Å². The van der Waals surface area contributed by atoms with Gasteiger partial charge in [-0.25, -0.2) is 13.1 Å². The van der Waals surface area contributed by atoms with Crippen molar-refractivity contribution in [3.05, 3.63) is 71.8 Å². The van der Waals surface area contributed by atoms with Crippen molar-refractivity contribution in [1.29, 1.82) is 0 Å². The Morgan fingerprint density at radius 1 is 0.688 bits per heavy atom. The van der Waals surface area contributed by atoms with Gasteiger partial charge >= 0.3 is 23.3 Å². The SMILES string of the molecule is NC(c1ccccc1)C(NS(=O)(=O)C(F)(F)C(F)(F)C(F)(F)C(F)(F)F)c1ccccc1. The number of rotatable bonds is 8. The Labute approximate surface area is 176 Å². The Bertz CT molecular complexity index is 1010. The molecule has 0 radical (unpaired) electrons. The maximum atomic E-state index is 14.1. The Morgan fingerprint density at radius 2 is 1.09 bits per heavy atom. The first-order valence-corrected chi connectivity index (χ1v) is 10.0. The number of benzene rings is 2. The van der Waals surface area contributed by atoms with Crippen molar-refractivity contribution >= 4 is 10.0 Å². The molecule has 2 unspecified atom stereocenters. The van der Waals surface area contributed by atoms with Crippen molar-refractivity contribution < 1.29 is 47.9 Å². The topological polar surface area (TPSA) is 72.2 Å². The van der Waals surface area contributed by atoms with Crippen molar-refractivity contribution in [2.75, 3.05) is 0 Å². The molecule has 2 aromatic carbocycles. The summed E-state index contributed by atoms with van der Waals surface area (Å²) in [5.74, 6) is -14.7. The number of hydrogen-bond donors (Lipinski definition) is 2. The quantitative estimate of drug-likeness (QED) is 0.520. The lowest BCUT2D eigenvalue weighted by molar-refractivity contribution is -0.382. The van der Waals surface area contributed by atoms with Crippen LogP contribution < -0.4 is 10.5 Å². The molecule has 0 aliphatic rings. The van der Waals surface area contributed by atoms with Gasteiger partial charge in [-0.2, -0.15) is 39.5 Å². The van der Waals surface area contributed by atoms with E-state index in [0.717, 1.165) is 16.9 Å². The van der Waals surface area contributed by atoms with Gasteiger partial charge in [0.25, 0.3) is 10.0 Å².